The van der Waals surface area contributed by atoms with Gasteiger partial charge in [0.25, 0.3) is 5.92 Å². The third-order valence-corrected chi connectivity index (χ3v) is 9.47. The number of aromatic nitrogens is 2. The van der Waals surface area contributed by atoms with Crippen molar-refractivity contribution >= 4 is 39.8 Å². The minimum absolute atomic E-state index is 0.0279. The molecule has 1 aromatic heterocycles. The van der Waals surface area contributed by atoms with E-state index in [4.69, 9.17) is 31.0 Å². The first-order valence-electron chi connectivity index (χ1n) is 15.8. The highest BCUT2D eigenvalue weighted by molar-refractivity contribution is 6.36. The summed E-state index contributed by atoms with van der Waals surface area (Å²) in [7, 11) is 3.23. The first kappa shape index (κ1) is 32.9. The van der Waals surface area contributed by atoms with E-state index in [0.717, 1.165) is 27.7 Å². The van der Waals surface area contributed by atoms with E-state index in [1.807, 2.05) is 30.3 Å². The van der Waals surface area contributed by atoms with E-state index < -0.39 is 12.0 Å². The lowest BCUT2D eigenvalue weighted by Gasteiger charge is -2.42. The maximum absolute atomic E-state index is 14.1. The lowest BCUT2D eigenvalue weighted by Crippen LogP contribution is -2.55. The van der Waals surface area contributed by atoms with Crippen molar-refractivity contribution in [2.24, 2.45) is 0 Å². The van der Waals surface area contributed by atoms with Crippen molar-refractivity contribution < 1.29 is 23.0 Å². The van der Waals surface area contributed by atoms with E-state index in [1.54, 1.807) is 30.0 Å². The molecule has 2 aromatic carbocycles. The number of hydrogen-bond donors (Lipinski definition) is 0. The summed E-state index contributed by atoms with van der Waals surface area (Å²) in [4.78, 5) is 30.3. The van der Waals surface area contributed by atoms with Gasteiger partial charge < -0.3 is 24.2 Å². The van der Waals surface area contributed by atoms with Crippen LogP contribution in [0.4, 0.5) is 20.3 Å². The van der Waals surface area contributed by atoms with E-state index in [2.05, 4.69) is 21.9 Å². The molecule has 0 radical (unpaired) electrons. The van der Waals surface area contributed by atoms with E-state index in [9.17, 15) is 18.8 Å². The quantitative estimate of drug-likeness (QED) is 0.302. The number of methoxy groups -OCH3 is 1. The van der Waals surface area contributed by atoms with Crippen molar-refractivity contribution in [3.63, 3.8) is 0 Å². The largest absolute Gasteiger partial charge is 0.462 e. The van der Waals surface area contributed by atoms with Crippen LogP contribution in [-0.4, -0.2) is 104 Å². The molecule has 4 heterocycles. The topological polar surface area (TPSA) is 98.1 Å². The molecule has 3 aromatic rings. The number of fused-ring (bicyclic) bond motifs is 2. The maximum Gasteiger partial charge on any atom is 0.318 e. The predicted octanol–water partition coefficient (Wildman–Crippen LogP) is 4.70. The Morgan fingerprint density at radius 1 is 1.15 bits per heavy atom. The lowest BCUT2D eigenvalue weighted by molar-refractivity contribution is -0.128. The number of likely N-dealkylation sites (tertiary alicyclic amines) is 1. The van der Waals surface area contributed by atoms with Gasteiger partial charge in [-0.15, -0.1) is 0 Å². The minimum Gasteiger partial charge on any atom is -0.462 e. The van der Waals surface area contributed by atoms with Gasteiger partial charge in [-0.3, -0.25) is 9.69 Å². The van der Waals surface area contributed by atoms with Crippen LogP contribution in [0.1, 0.15) is 24.1 Å². The zero-order valence-electron chi connectivity index (χ0n) is 26.5. The van der Waals surface area contributed by atoms with Gasteiger partial charge in [-0.25, -0.2) is 8.78 Å². The minimum atomic E-state index is -2.77. The summed E-state index contributed by atoms with van der Waals surface area (Å²) in [5, 5.41) is 12.3. The molecule has 3 aliphatic heterocycles. The second-order valence-electron chi connectivity index (χ2n) is 12.3. The first-order valence-corrected chi connectivity index (χ1v) is 16.2. The number of nitrogens with zero attached hydrogens (tertiary/aromatic N) is 7. The highest BCUT2D eigenvalue weighted by Crippen LogP contribution is 2.38. The fourth-order valence-corrected chi connectivity index (χ4v) is 7.11. The summed E-state index contributed by atoms with van der Waals surface area (Å²) >= 11 is 6.68. The van der Waals surface area contributed by atoms with E-state index in [0.29, 0.717) is 56.6 Å². The Balaban J connectivity index is 1.31. The summed E-state index contributed by atoms with van der Waals surface area (Å²) in [5.74, 6) is -2.25. The Labute approximate surface area is 278 Å². The number of alkyl halides is 2. The van der Waals surface area contributed by atoms with Gasteiger partial charge in [0, 0.05) is 68.5 Å². The highest BCUT2D eigenvalue weighted by Gasteiger charge is 2.43. The van der Waals surface area contributed by atoms with Crippen LogP contribution in [0.15, 0.2) is 48.6 Å². The SMILES string of the molecule is COC/C=C/C(=O)N1CCN(c2nc(OCC3CC(F)(F)CN3C)nc3c2CCN(c2cccc4cccc(Cl)c24)C3)CC1CC#N. The van der Waals surface area contributed by atoms with Crippen LogP contribution in [0.2, 0.25) is 5.02 Å². The molecule has 248 valence electrons. The number of likely N-dealkylation sites (N-methyl/N-ethyl adjacent to an activating group) is 1. The van der Waals surface area contributed by atoms with Gasteiger partial charge in [0.2, 0.25) is 5.91 Å². The Morgan fingerprint density at radius 3 is 2.70 bits per heavy atom. The van der Waals surface area contributed by atoms with Gasteiger partial charge >= 0.3 is 6.01 Å². The average Bonchev–Trinajstić information content (AvgIpc) is 3.33. The zero-order valence-corrected chi connectivity index (χ0v) is 27.3. The van der Waals surface area contributed by atoms with Crippen LogP contribution in [0, 0.1) is 11.3 Å². The lowest BCUT2D eigenvalue weighted by atomic mass is 10.0. The standard InChI is InChI=1S/C34H38ClF2N7O3/c1-41-22-34(36,37)18-25(41)21-47-33-39-28-20-42(29-9-4-7-23-6-3-8-27(35)31(23)29)14-12-26(28)32(40-33)43-15-16-44(24(19-43)11-13-38)30(45)10-5-17-46-2/h3-10,24-25H,11-12,14-22H2,1-2H3/b10-5+. The number of anilines is 2. The van der Waals surface area contributed by atoms with Gasteiger partial charge in [-0.05, 0) is 31.0 Å². The van der Waals surface area contributed by atoms with Crippen molar-refractivity contribution in [2.45, 2.75) is 43.8 Å². The molecule has 2 unspecified atom stereocenters. The molecule has 6 rings (SSSR count). The van der Waals surface area contributed by atoms with Crippen LogP contribution >= 0.6 is 11.6 Å². The fourth-order valence-electron chi connectivity index (χ4n) is 6.83. The van der Waals surface area contributed by atoms with Crippen molar-refractivity contribution in [1.29, 1.82) is 5.26 Å². The molecule has 0 bridgehead atoms. The molecule has 3 aliphatic rings. The summed E-state index contributed by atoms with van der Waals surface area (Å²) in [6.07, 6.45) is 3.66. The number of amides is 1. The van der Waals surface area contributed by atoms with Gasteiger partial charge in [0.1, 0.15) is 12.4 Å². The molecule has 0 aliphatic carbocycles. The number of benzene rings is 2. The third-order valence-electron chi connectivity index (χ3n) is 9.15. The van der Waals surface area contributed by atoms with Gasteiger partial charge in [0.15, 0.2) is 0 Å². The Morgan fingerprint density at radius 2 is 1.96 bits per heavy atom. The van der Waals surface area contributed by atoms with Crippen LogP contribution in [0.3, 0.4) is 0 Å². The van der Waals surface area contributed by atoms with Crippen molar-refractivity contribution in [3.8, 4) is 12.1 Å². The number of ether oxygens (including phenoxy) is 2. The van der Waals surface area contributed by atoms with Crippen LogP contribution in [0.5, 0.6) is 6.01 Å². The molecule has 0 saturated carbocycles. The second kappa shape index (κ2) is 14.0. The number of halogens is 3. The maximum atomic E-state index is 14.1. The number of hydrogen-bond acceptors (Lipinski definition) is 9. The summed E-state index contributed by atoms with van der Waals surface area (Å²) in [5.41, 5.74) is 2.75. The van der Waals surface area contributed by atoms with Crippen LogP contribution in [0.25, 0.3) is 10.8 Å². The molecule has 10 nitrogen and oxygen atoms in total. The van der Waals surface area contributed by atoms with Crippen molar-refractivity contribution in [3.05, 3.63) is 64.8 Å². The summed E-state index contributed by atoms with van der Waals surface area (Å²) in [6, 6.07) is 13.5. The summed E-state index contributed by atoms with van der Waals surface area (Å²) in [6.45, 7) is 2.50. The molecule has 2 fully saturated rings. The van der Waals surface area contributed by atoms with E-state index in [-0.39, 0.29) is 44.0 Å². The smallest absolute Gasteiger partial charge is 0.318 e. The second-order valence-corrected chi connectivity index (χ2v) is 12.7. The molecule has 1 amide bonds. The third kappa shape index (κ3) is 7.12. The molecule has 2 saturated heterocycles. The molecular formula is C34H38ClF2N7O3. The van der Waals surface area contributed by atoms with Gasteiger partial charge in [0.05, 0.1) is 48.9 Å². The Kier molecular flexibility index (Phi) is 9.77. The van der Waals surface area contributed by atoms with Crippen molar-refractivity contribution in [2.75, 3.05) is 69.9 Å². The monoisotopic (exact) mass is 665 g/mol. The zero-order chi connectivity index (χ0) is 33.1. The normalized spacial score (nSPS) is 21.3. The van der Waals surface area contributed by atoms with Gasteiger partial charge in [-0.1, -0.05) is 41.9 Å². The number of nitriles is 1. The predicted molar refractivity (Wildman–Crippen MR) is 176 cm³/mol. The molecule has 47 heavy (non-hydrogen) atoms. The number of rotatable bonds is 9. The first-order chi connectivity index (χ1) is 22.7. The number of carbonyl (C=O) groups excluding carboxylic acids is 1. The van der Waals surface area contributed by atoms with E-state index in [1.165, 1.54) is 6.08 Å². The number of carbonyl (C=O) groups is 1. The van der Waals surface area contributed by atoms with E-state index >= 15 is 0 Å². The van der Waals surface area contributed by atoms with Crippen molar-refractivity contribution in [1.82, 2.24) is 19.8 Å². The molecule has 0 N–H and O–H groups in total. The molecule has 13 heteroatoms. The summed E-state index contributed by atoms with van der Waals surface area (Å²) < 4.78 is 39.3. The Hall–Kier alpha value is -4.05. The average molecular weight is 666 g/mol. The van der Waals surface area contributed by atoms with Crippen LogP contribution in [-0.2, 0) is 22.5 Å². The fraction of sp³-hybridized carbons (Fsp3) is 0.471. The molecule has 0 spiro atoms. The number of piperazine rings is 1. The van der Waals surface area contributed by atoms with Gasteiger partial charge in [-0.2, -0.15) is 15.2 Å². The van der Waals surface area contributed by atoms with Crippen LogP contribution < -0.4 is 14.5 Å². The molecule has 2 atom stereocenters. The Bertz CT molecular complexity index is 1690. The molecular weight excluding hydrogens is 628 g/mol. The highest BCUT2D eigenvalue weighted by atomic mass is 35.5.